The Morgan fingerprint density at radius 2 is 1.61 bits per heavy atom. The molecule has 1 aromatic carbocycles. The highest BCUT2D eigenvalue weighted by molar-refractivity contribution is 6.62. The maximum atomic E-state index is 6.11. The maximum Gasteiger partial charge on any atom is 0.494 e. The molecule has 2 aliphatic rings. The van der Waals surface area contributed by atoms with Gasteiger partial charge in [0.2, 0.25) is 0 Å². The van der Waals surface area contributed by atoms with Crippen LogP contribution in [0.25, 0.3) is 0 Å². The van der Waals surface area contributed by atoms with Gasteiger partial charge in [0.1, 0.15) is 0 Å². The van der Waals surface area contributed by atoms with E-state index in [1.807, 2.05) is 0 Å². The van der Waals surface area contributed by atoms with Crippen LogP contribution < -0.4 is 5.46 Å². The number of rotatable bonds is 3. The molecule has 23 heavy (non-hydrogen) atoms. The molecule has 1 aromatic rings. The smallest absolute Gasteiger partial charge is 0.399 e. The minimum Gasteiger partial charge on any atom is -0.399 e. The van der Waals surface area contributed by atoms with Crippen LogP contribution in [-0.2, 0) is 20.6 Å². The molecule has 0 amide bonds. The lowest BCUT2D eigenvalue weighted by atomic mass is 9.79. The van der Waals surface area contributed by atoms with Gasteiger partial charge in [-0.05, 0) is 45.1 Å². The molecular weight excluding hydrogens is 289 g/mol. The minimum absolute atomic E-state index is 0.277. The van der Waals surface area contributed by atoms with E-state index >= 15 is 0 Å². The van der Waals surface area contributed by atoms with Crippen molar-refractivity contribution in [1.82, 2.24) is 4.90 Å². The Morgan fingerprint density at radius 1 is 0.957 bits per heavy atom. The monoisotopic (exact) mass is 317 g/mol. The summed E-state index contributed by atoms with van der Waals surface area (Å²) in [4.78, 5) is 2.46. The van der Waals surface area contributed by atoms with Gasteiger partial charge in [-0.3, -0.25) is 4.90 Å². The van der Waals surface area contributed by atoms with E-state index in [-0.39, 0.29) is 18.3 Å². The van der Waals surface area contributed by atoms with Crippen molar-refractivity contribution in [3.05, 3.63) is 29.8 Å². The van der Waals surface area contributed by atoms with Gasteiger partial charge in [-0.25, -0.2) is 0 Å². The molecule has 2 aliphatic heterocycles. The van der Waals surface area contributed by atoms with Gasteiger partial charge in [0, 0.05) is 26.2 Å². The lowest BCUT2D eigenvalue weighted by molar-refractivity contribution is 0.00578. The summed E-state index contributed by atoms with van der Waals surface area (Å²) < 4.78 is 17.7. The Kier molecular flexibility index (Phi) is 4.84. The van der Waals surface area contributed by atoms with E-state index in [0.29, 0.717) is 0 Å². The third-order valence-corrected chi connectivity index (χ3v) is 5.23. The first-order chi connectivity index (χ1) is 10.9. The molecule has 0 aromatic heterocycles. The summed E-state index contributed by atoms with van der Waals surface area (Å²) in [5.74, 6) is 0. The first-order valence-electron chi connectivity index (χ1n) is 8.62. The predicted octanol–water partition coefficient (Wildman–Crippen LogP) is 2.21. The number of hydrogen-bond acceptors (Lipinski definition) is 4. The van der Waals surface area contributed by atoms with Gasteiger partial charge in [-0.15, -0.1) is 0 Å². The second-order valence-electron chi connectivity index (χ2n) is 7.57. The van der Waals surface area contributed by atoms with E-state index in [9.17, 15) is 0 Å². The number of hydrogen-bond donors (Lipinski definition) is 0. The molecule has 5 heteroatoms. The number of benzene rings is 1. The van der Waals surface area contributed by atoms with Gasteiger partial charge in [0.05, 0.1) is 17.8 Å². The molecule has 126 valence electrons. The summed E-state index contributed by atoms with van der Waals surface area (Å²) in [7, 11) is -0.277. The van der Waals surface area contributed by atoms with Gasteiger partial charge in [-0.1, -0.05) is 24.3 Å². The fourth-order valence-corrected chi connectivity index (χ4v) is 2.97. The molecule has 0 unspecified atom stereocenters. The quantitative estimate of drug-likeness (QED) is 0.800. The first kappa shape index (κ1) is 17.0. The molecule has 0 saturated carbocycles. The van der Waals surface area contributed by atoms with Crippen LogP contribution in [0, 0.1) is 0 Å². The summed E-state index contributed by atoms with van der Waals surface area (Å²) >= 11 is 0. The van der Waals surface area contributed by atoms with Gasteiger partial charge in [-0.2, -0.15) is 0 Å². The lowest BCUT2D eigenvalue weighted by Gasteiger charge is -2.32. The van der Waals surface area contributed by atoms with Crippen LogP contribution in [0.1, 0.15) is 39.7 Å². The average Bonchev–Trinajstić information content (AvgIpc) is 2.67. The number of nitrogens with zero attached hydrogens (tertiary/aromatic N) is 1. The van der Waals surface area contributed by atoms with Crippen molar-refractivity contribution in [2.24, 2.45) is 0 Å². The van der Waals surface area contributed by atoms with Crippen LogP contribution in [0.15, 0.2) is 24.3 Å². The van der Waals surface area contributed by atoms with Crippen LogP contribution in [0.3, 0.4) is 0 Å². The van der Waals surface area contributed by atoms with E-state index in [2.05, 4.69) is 56.9 Å². The molecule has 2 heterocycles. The van der Waals surface area contributed by atoms with Crippen LogP contribution in [-0.4, -0.2) is 49.5 Å². The van der Waals surface area contributed by atoms with Crippen molar-refractivity contribution in [3.8, 4) is 0 Å². The van der Waals surface area contributed by atoms with Crippen molar-refractivity contribution in [3.63, 3.8) is 0 Å². The van der Waals surface area contributed by atoms with Crippen molar-refractivity contribution in [2.45, 2.75) is 51.9 Å². The summed E-state index contributed by atoms with van der Waals surface area (Å²) in [6, 6.07) is 8.63. The molecule has 0 bridgehead atoms. The van der Waals surface area contributed by atoms with Gasteiger partial charge >= 0.3 is 7.12 Å². The second kappa shape index (κ2) is 6.56. The van der Waals surface area contributed by atoms with E-state index in [1.54, 1.807) is 0 Å². The zero-order valence-corrected chi connectivity index (χ0v) is 14.8. The minimum atomic E-state index is -0.289. The fourth-order valence-electron chi connectivity index (χ4n) is 2.97. The average molecular weight is 317 g/mol. The van der Waals surface area contributed by atoms with E-state index in [0.717, 1.165) is 44.7 Å². The maximum absolute atomic E-state index is 6.11. The number of ether oxygens (including phenoxy) is 1. The Bertz CT molecular complexity index is 506. The third-order valence-electron chi connectivity index (χ3n) is 5.23. The SMILES string of the molecule is CC1(C)OB(c2ccc(CN3CCCOCC3)cc2)OC1(C)C. The molecule has 2 fully saturated rings. The van der Waals surface area contributed by atoms with Crippen molar-refractivity contribution in [1.29, 1.82) is 0 Å². The van der Waals surface area contributed by atoms with E-state index in [1.165, 1.54) is 5.56 Å². The highest BCUT2D eigenvalue weighted by atomic mass is 16.7. The fraction of sp³-hybridized carbons (Fsp3) is 0.667. The van der Waals surface area contributed by atoms with Crippen molar-refractivity contribution in [2.75, 3.05) is 26.3 Å². The highest BCUT2D eigenvalue weighted by Gasteiger charge is 2.51. The Morgan fingerprint density at radius 3 is 2.26 bits per heavy atom. The van der Waals surface area contributed by atoms with Crippen molar-refractivity contribution < 1.29 is 14.0 Å². The zero-order chi connectivity index (χ0) is 16.5. The molecule has 3 rings (SSSR count). The van der Waals surface area contributed by atoms with Crippen molar-refractivity contribution >= 4 is 12.6 Å². The standard InChI is InChI=1S/C18H28BNO3/c1-17(2)18(3,4)23-19(22-17)16-8-6-15(7-9-16)14-20-10-5-12-21-13-11-20/h6-9H,5,10-14H2,1-4H3. The highest BCUT2D eigenvalue weighted by Crippen LogP contribution is 2.36. The molecule has 4 nitrogen and oxygen atoms in total. The van der Waals surface area contributed by atoms with Crippen LogP contribution in [0.5, 0.6) is 0 Å². The summed E-state index contributed by atoms with van der Waals surface area (Å²) in [6.07, 6.45) is 1.12. The van der Waals surface area contributed by atoms with Gasteiger partial charge in [0.25, 0.3) is 0 Å². The Hall–Kier alpha value is -0.875. The predicted molar refractivity (Wildman–Crippen MR) is 92.9 cm³/mol. The molecular formula is C18H28BNO3. The molecule has 2 saturated heterocycles. The summed E-state index contributed by atoms with van der Waals surface area (Å²) in [5.41, 5.74) is 1.84. The first-order valence-corrected chi connectivity index (χ1v) is 8.62. The van der Waals surface area contributed by atoms with Crippen LogP contribution in [0.4, 0.5) is 0 Å². The summed E-state index contributed by atoms with van der Waals surface area (Å²) in [5, 5.41) is 0. The largest absolute Gasteiger partial charge is 0.494 e. The lowest BCUT2D eigenvalue weighted by Crippen LogP contribution is -2.41. The van der Waals surface area contributed by atoms with Crippen LogP contribution >= 0.6 is 0 Å². The van der Waals surface area contributed by atoms with Crippen LogP contribution in [0.2, 0.25) is 0 Å². The Balaban J connectivity index is 1.63. The molecule has 0 aliphatic carbocycles. The van der Waals surface area contributed by atoms with E-state index in [4.69, 9.17) is 14.0 Å². The van der Waals surface area contributed by atoms with E-state index < -0.39 is 0 Å². The molecule has 0 spiro atoms. The second-order valence-corrected chi connectivity index (χ2v) is 7.57. The topological polar surface area (TPSA) is 30.9 Å². The van der Waals surface area contributed by atoms with Gasteiger partial charge in [0.15, 0.2) is 0 Å². The van der Waals surface area contributed by atoms with Gasteiger partial charge < -0.3 is 14.0 Å². The molecule has 0 N–H and O–H groups in total. The Labute approximate surface area is 140 Å². The zero-order valence-electron chi connectivity index (χ0n) is 14.8. The third kappa shape index (κ3) is 3.79. The normalized spacial score (nSPS) is 24.6. The molecule has 0 atom stereocenters. The summed E-state index contributed by atoms with van der Waals surface area (Å²) in [6.45, 7) is 13.2. The molecule has 0 radical (unpaired) electrons.